The van der Waals surface area contributed by atoms with Crippen LogP contribution in [0.1, 0.15) is 33.1 Å². The van der Waals surface area contributed by atoms with Gasteiger partial charge in [0.1, 0.15) is 0 Å². The predicted octanol–water partition coefficient (Wildman–Crippen LogP) is 1.66. The van der Waals surface area contributed by atoms with E-state index in [1.54, 1.807) is 0 Å². The number of nitrogens with zero attached hydrogens (tertiary/aromatic N) is 2. The third-order valence-electron chi connectivity index (χ3n) is 2.82. The molecule has 0 aliphatic carbocycles. The third-order valence-corrected chi connectivity index (χ3v) is 2.82. The van der Waals surface area contributed by atoms with Gasteiger partial charge in [-0.1, -0.05) is 6.42 Å². The highest BCUT2D eigenvalue weighted by Gasteiger charge is 2.09. The lowest BCUT2D eigenvalue weighted by atomic mass is 10.1. The molecule has 1 rings (SSSR count). The van der Waals surface area contributed by atoms with Crippen LogP contribution in [0, 0.1) is 0 Å². The standard InChI is InChI=1S/C12H26N4.HI/c1-11(2)15-12(13-3)14-7-10-16-8-5-4-6-9-16;/h11H,4-10H2,1-3H3,(H2,13,14,15);1H. The molecular formula is C12H27IN4. The number of guanidine groups is 1. The molecule has 0 aromatic carbocycles. The molecule has 4 nitrogen and oxygen atoms in total. The fourth-order valence-corrected chi connectivity index (χ4v) is 1.98. The second-order valence-electron chi connectivity index (χ2n) is 4.70. The minimum atomic E-state index is 0. The molecule has 1 saturated heterocycles. The summed E-state index contributed by atoms with van der Waals surface area (Å²) in [6.07, 6.45) is 4.12. The highest BCUT2D eigenvalue weighted by atomic mass is 127. The number of likely N-dealkylation sites (tertiary alicyclic amines) is 1. The molecule has 17 heavy (non-hydrogen) atoms. The number of hydrogen-bond donors (Lipinski definition) is 2. The van der Waals surface area contributed by atoms with E-state index in [2.05, 4.69) is 34.4 Å². The second kappa shape index (κ2) is 9.94. The summed E-state index contributed by atoms with van der Waals surface area (Å²) in [6, 6.07) is 0.432. The molecule has 5 heteroatoms. The van der Waals surface area contributed by atoms with Crippen molar-refractivity contribution in [3.8, 4) is 0 Å². The molecule has 1 aliphatic heterocycles. The first-order valence-electron chi connectivity index (χ1n) is 6.42. The SMILES string of the molecule is CN=C(NCCN1CCCCC1)NC(C)C.I. The second-order valence-corrected chi connectivity index (χ2v) is 4.70. The maximum Gasteiger partial charge on any atom is 0.191 e. The minimum Gasteiger partial charge on any atom is -0.355 e. The van der Waals surface area contributed by atoms with Crippen molar-refractivity contribution >= 4 is 29.9 Å². The molecule has 0 saturated carbocycles. The van der Waals surface area contributed by atoms with Crippen molar-refractivity contribution in [3.05, 3.63) is 0 Å². The molecule has 1 heterocycles. The summed E-state index contributed by atoms with van der Waals surface area (Å²) < 4.78 is 0. The van der Waals surface area contributed by atoms with Crippen LogP contribution in [0.3, 0.4) is 0 Å². The Kier molecular flexibility index (Phi) is 9.91. The summed E-state index contributed by atoms with van der Waals surface area (Å²) in [6.45, 7) is 8.87. The van der Waals surface area contributed by atoms with Crippen molar-refractivity contribution in [1.29, 1.82) is 0 Å². The van der Waals surface area contributed by atoms with E-state index in [1.165, 1.54) is 32.4 Å². The van der Waals surface area contributed by atoms with Gasteiger partial charge in [-0.15, -0.1) is 24.0 Å². The van der Waals surface area contributed by atoms with Crippen LogP contribution in [0.4, 0.5) is 0 Å². The van der Waals surface area contributed by atoms with Gasteiger partial charge in [0, 0.05) is 26.2 Å². The monoisotopic (exact) mass is 354 g/mol. The van der Waals surface area contributed by atoms with E-state index in [-0.39, 0.29) is 24.0 Å². The molecule has 102 valence electrons. The molecule has 0 aromatic heterocycles. The van der Waals surface area contributed by atoms with E-state index >= 15 is 0 Å². The number of hydrogen-bond acceptors (Lipinski definition) is 2. The maximum atomic E-state index is 4.19. The highest BCUT2D eigenvalue weighted by Crippen LogP contribution is 2.07. The van der Waals surface area contributed by atoms with E-state index < -0.39 is 0 Å². The first kappa shape index (κ1) is 17.0. The smallest absolute Gasteiger partial charge is 0.191 e. The van der Waals surface area contributed by atoms with Crippen LogP contribution < -0.4 is 10.6 Å². The summed E-state index contributed by atoms with van der Waals surface area (Å²) in [4.78, 5) is 6.71. The van der Waals surface area contributed by atoms with Crippen molar-refractivity contribution in [2.75, 3.05) is 33.2 Å². The molecular weight excluding hydrogens is 327 g/mol. The van der Waals surface area contributed by atoms with E-state index in [1.807, 2.05) is 7.05 Å². The van der Waals surface area contributed by atoms with Gasteiger partial charge in [0.05, 0.1) is 0 Å². The number of aliphatic imine (C=N–C) groups is 1. The van der Waals surface area contributed by atoms with Crippen LogP contribution in [0.5, 0.6) is 0 Å². The number of piperidine rings is 1. The van der Waals surface area contributed by atoms with Crippen molar-refractivity contribution < 1.29 is 0 Å². The van der Waals surface area contributed by atoms with Gasteiger partial charge in [0.25, 0.3) is 0 Å². The van der Waals surface area contributed by atoms with Gasteiger partial charge in [-0.3, -0.25) is 4.99 Å². The van der Waals surface area contributed by atoms with Crippen LogP contribution in [0.25, 0.3) is 0 Å². The lowest BCUT2D eigenvalue weighted by Gasteiger charge is -2.26. The summed E-state index contributed by atoms with van der Waals surface area (Å²) in [7, 11) is 1.82. The molecule has 2 N–H and O–H groups in total. The summed E-state index contributed by atoms with van der Waals surface area (Å²) in [5.74, 6) is 0.909. The fraction of sp³-hybridized carbons (Fsp3) is 0.917. The maximum absolute atomic E-state index is 4.19. The number of halogens is 1. The van der Waals surface area contributed by atoms with Crippen molar-refractivity contribution in [3.63, 3.8) is 0 Å². The number of rotatable bonds is 4. The lowest BCUT2D eigenvalue weighted by molar-refractivity contribution is 0.232. The lowest BCUT2D eigenvalue weighted by Crippen LogP contribution is -2.44. The Balaban J connectivity index is 0.00000256. The van der Waals surface area contributed by atoms with Gasteiger partial charge in [0.2, 0.25) is 0 Å². The molecule has 1 fully saturated rings. The molecule has 0 unspecified atom stereocenters. The predicted molar refractivity (Wildman–Crippen MR) is 85.3 cm³/mol. The highest BCUT2D eigenvalue weighted by molar-refractivity contribution is 14.0. The summed E-state index contributed by atoms with van der Waals surface area (Å²) in [5.41, 5.74) is 0. The van der Waals surface area contributed by atoms with E-state index in [0.717, 1.165) is 19.0 Å². The summed E-state index contributed by atoms with van der Waals surface area (Å²) >= 11 is 0. The molecule has 0 spiro atoms. The third kappa shape index (κ3) is 7.81. The normalized spacial score (nSPS) is 17.8. The van der Waals surface area contributed by atoms with Crippen LogP contribution >= 0.6 is 24.0 Å². The van der Waals surface area contributed by atoms with E-state index in [9.17, 15) is 0 Å². The van der Waals surface area contributed by atoms with Crippen molar-refractivity contribution in [2.45, 2.75) is 39.2 Å². The fourth-order valence-electron chi connectivity index (χ4n) is 1.98. The van der Waals surface area contributed by atoms with Gasteiger partial charge in [-0.25, -0.2) is 0 Å². The summed E-state index contributed by atoms with van der Waals surface area (Å²) in [5, 5.41) is 6.63. The zero-order chi connectivity index (χ0) is 11.8. The molecule has 1 aliphatic rings. The van der Waals surface area contributed by atoms with Crippen molar-refractivity contribution in [2.24, 2.45) is 4.99 Å². The van der Waals surface area contributed by atoms with Gasteiger partial charge in [0.15, 0.2) is 5.96 Å². The van der Waals surface area contributed by atoms with Gasteiger partial charge >= 0.3 is 0 Å². The first-order valence-corrected chi connectivity index (χ1v) is 6.42. The quantitative estimate of drug-likeness (QED) is 0.458. The Labute approximate surface area is 123 Å². The molecule has 0 radical (unpaired) electrons. The average molecular weight is 354 g/mol. The van der Waals surface area contributed by atoms with Crippen molar-refractivity contribution in [1.82, 2.24) is 15.5 Å². The zero-order valence-electron chi connectivity index (χ0n) is 11.3. The van der Waals surface area contributed by atoms with Gasteiger partial charge < -0.3 is 15.5 Å². The Hall–Kier alpha value is -0.0400. The topological polar surface area (TPSA) is 39.7 Å². The Bertz CT molecular complexity index is 213. The van der Waals surface area contributed by atoms with Crippen LogP contribution in [0.2, 0.25) is 0 Å². The largest absolute Gasteiger partial charge is 0.355 e. The first-order chi connectivity index (χ1) is 7.72. The van der Waals surface area contributed by atoms with Crippen LogP contribution in [0.15, 0.2) is 4.99 Å². The Morgan fingerprint density at radius 2 is 1.88 bits per heavy atom. The van der Waals surface area contributed by atoms with Gasteiger partial charge in [-0.05, 0) is 39.8 Å². The van der Waals surface area contributed by atoms with E-state index in [0.29, 0.717) is 6.04 Å². The van der Waals surface area contributed by atoms with E-state index in [4.69, 9.17) is 0 Å². The molecule has 0 atom stereocenters. The van der Waals surface area contributed by atoms with Gasteiger partial charge in [-0.2, -0.15) is 0 Å². The number of nitrogens with one attached hydrogen (secondary N) is 2. The minimum absolute atomic E-state index is 0. The molecule has 0 bridgehead atoms. The molecule has 0 amide bonds. The average Bonchev–Trinajstić information content (AvgIpc) is 2.28. The molecule has 0 aromatic rings. The Morgan fingerprint density at radius 3 is 2.41 bits per heavy atom. The van der Waals surface area contributed by atoms with Crippen LogP contribution in [-0.2, 0) is 0 Å². The Morgan fingerprint density at radius 1 is 1.24 bits per heavy atom. The van der Waals surface area contributed by atoms with Crippen LogP contribution in [-0.4, -0.2) is 50.1 Å². The zero-order valence-corrected chi connectivity index (χ0v) is 13.7.